The van der Waals surface area contributed by atoms with Crippen LogP contribution in [0.25, 0.3) is 17.0 Å². The number of fused-ring (bicyclic) bond motifs is 1. The van der Waals surface area contributed by atoms with Gasteiger partial charge in [0.05, 0.1) is 6.33 Å². The summed E-state index contributed by atoms with van der Waals surface area (Å²) >= 11 is 0. The second-order valence-electron chi connectivity index (χ2n) is 4.14. The summed E-state index contributed by atoms with van der Waals surface area (Å²) in [6.45, 7) is 3.53. The summed E-state index contributed by atoms with van der Waals surface area (Å²) in [4.78, 5) is 3.74. The third kappa shape index (κ3) is 3.77. The summed E-state index contributed by atoms with van der Waals surface area (Å²) in [5, 5.41) is 1.33. The van der Waals surface area contributed by atoms with E-state index in [0.717, 1.165) is 5.39 Å². The van der Waals surface area contributed by atoms with Gasteiger partial charge in [-0.3, -0.25) is 4.55 Å². The molecule has 0 radical (unpaired) electrons. The maximum atomic E-state index is 11.0. The number of hydrogen-bond acceptors (Lipinski definition) is 3. The first-order chi connectivity index (χ1) is 10.0. The van der Waals surface area contributed by atoms with Crippen LogP contribution in [0.15, 0.2) is 72.7 Å². The van der Waals surface area contributed by atoms with Crippen molar-refractivity contribution in [2.24, 2.45) is 0 Å². The number of benzene rings is 2. The molecule has 0 aliphatic carbocycles. The molecule has 1 heterocycles. The smallest absolute Gasteiger partial charge is 0.295 e. The van der Waals surface area contributed by atoms with E-state index in [2.05, 4.69) is 11.6 Å². The Morgan fingerprint density at radius 2 is 1.86 bits per heavy atom. The van der Waals surface area contributed by atoms with E-state index in [1.165, 1.54) is 6.07 Å². The minimum absolute atomic E-state index is 0.0457. The van der Waals surface area contributed by atoms with Gasteiger partial charge in [-0.15, -0.1) is 0 Å². The molecule has 3 aromatic rings. The first-order valence-corrected chi connectivity index (χ1v) is 7.51. The third-order valence-electron chi connectivity index (χ3n) is 2.76. The lowest BCUT2D eigenvalue weighted by atomic mass is 10.1. The van der Waals surface area contributed by atoms with Crippen LogP contribution in [0, 0.1) is 0 Å². The van der Waals surface area contributed by atoms with Gasteiger partial charge >= 0.3 is 0 Å². The van der Waals surface area contributed by atoms with E-state index < -0.39 is 10.1 Å². The Bertz CT molecular complexity index is 835. The fraction of sp³-hybridized carbons (Fsp3) is 0. The van der Waals surface area contributed by atoms with Crippen LogP contribution in [0.3, 0.4) is 0 Å². The van der Waals surface area contributed by atoms with Crippen LogP contribution in [0.5, 0.6) is 0 Å². The van der Waals surface area contributed by atoms with E-state index in [1.807, 2.05) is 12.3 Å². The molecule has 5 nitrogen and oxygen atoms in total. The van der Waals surface area contributed by atoms with Gasteiger partial charge in [-0.05, 0) is 11.5 Å². The topological polar surface area (TPSA) is 72.2 Å². The van der Waals surface area contributed by atoms with Gasteiger partial charge in [-0.1, -0.05) is 43.0 Å². The summed E-state index contributed by atoms with van der Waals surface area (Å²) in [5.74, 6) is 0. The number of imidazole rings is 1. The number of hydrogen-bond donors (Lipinski definition) is 1. The summed E-state index contributed by atoms with van der Waals surface area (Å²) in [6, 6.07) is 11.8. The molecule has 0 unspecified atom stereocenters. The average molecular weight is 302 g/mol. The van der Waals surface area contributed by atoms with Crippen molar-refractivity contribution < 1.29 is 13.0 Å². The lowest BCUT2D eigenvalue weighted by molar-refractivity contribution is 0.484. The van der Waals surface area contributed by atoms with Crippen LogP contribution in [0.4, 0.5) is 0 Å². The number of aromatic nitrogens is 2. The standard InChI is InChI=1S/C10H8O3S.C5H6N2/c11-14(12,13)10-7-3-5-8-4-1-2-6-9(8)10;1-2-7-4-3-6-5-7/h1-7H,(H,11,12,13);2-5H,1H2. The molecule has 0 amide bonds. The van der Waals surface area contributed by atoms with Crippen molar-refractivity contribution >= 4 is 27.1 Å². The fourth-order valence-corrected chi connectivity index (χ4v) is 2.51. The fourth-order valence-electron chi connectivity index (χ4n) is 1.80. The van der Waals surface area contributed by atoms with Crippen molar-refractivity contribution in [3.63, 3.8) is 0 Å². The Kier molecular flexibility index (Phi) is 4.52. The second kappa shape index (κ2) is 6.34. The lowest BCUT2D eigenvalue weighted by Crippen LogP contribution is -1.98. The highest BCUT2D eigenvalue weighted by atomic mass is 32.2. The van der Waals surface area contributed by atoms with Crippen molar-refractivity contribution in [3.8, 4) is 0 Å². The van der Waals surface area contributed by atoms with E-state index in [4.69, 9.17) is 4.55 Å². The molecule has 0 spiro atoms. The SMILES string of the molecule is C=Cn1ccnc1.O=S(=O)(O)c1cccc2ccccc12. The minimum Gasteiger partial charge on any atom is -0.314 e. The summed E-state index contributed by atoms with van der Waals surface area (Å²) in [5.41, 5.74) is 0. The first-order valence-electron chi connectivity index (χ1n) is 6.07. The molecule has 0 bridgehead atoms. The molecule has 0 fully saturated rings. The van der Waals surface area contributed by atoms with Crippen molar-refractivity contribution in [2.75, 3.05) is 0 Å². The van der Waals surface area contributed by atoms with Crippen LogP contribution in [-0.4, -0.2) is 22.5 Å². The van der Waals surface area contributed by atoms with E-state index in [-0.39, 0.29) is 4.90 Å². The van der Waals surface area contributed by atoms with Crippen LogP contribution < -0.4 is 0 Å². The maximum absolute atomic E-state index is 11.0. The predicted molar refractivity (Wildman–Crippen MR) is 82.4 cm³/mol. The first kappa shape index (κ1) is 15.0. The molecule has 3 rings (SSSR count). The zero-order valence-corrected chi connectivity index (χ0v) is 11.9. The molecular formula is C15H14N2O3S. The van der Waals surface area contributed by atoms with Gasteiger partial charge in [0.15, 0.2) is 0 Å². The second-order valence-corrected chi connectivity index (χ2v) is 5.53. The van der Waals surface area contributed by atoms with Gasteiger partial charge in [0, 0.05) is 24.0 Å². The summed E-state index contributed by atoms with van der Waals surface area (Å²) in [7, 11) is -4.13. The van der Waals surface area contributed by atoms with Gasteiger partial charge in [-0.25, -0.2) is 4.98 Å². The molecule has 0 aliphatic rings. The van der Waals surface area contributed by atoms with Crippen molar-refractivity contribution in [3.05, 3.63) is 67.8 Å². The average Bonchev–Trinajstić information content (AvgIpc) is 3.00. The summed E-state index contributed by atoms with van der Waals surface area (Å²) in [6.07, 6.45) is 6.91. The molecule has 0 saturated carbocycles. The normalized spacial score (nSPS) is 10.7. The summed E-state index contributed by atoms with van der Waals surface area (Å²) < 4.78 is 32.7. The predicted octanol–water partition coefficient (Wildman–Crippen LogP) is 3.07. The van der Waals surface area contributed by atoms with Gasteiger partial charge in [0.1, 0.15) is 4.90 Å². The molecule has 0 atom stereocenters. The van der Waals surface area contributed by atoms with Crippen molar-refractivity contribution in [2.45, 2.75) is 4.90 Å². The van der Waals surface area contributed by atoms with Crippen LogP contribution in [0.2, 0.25) is 0 Å². The third-order valence-corrected chi connectivity index (χ3v) is 3.68. The van der Waals surface area contributed by atoms with E-state index in [9.17, 15) is 8.42 Å². The molecule has 108 valence electrons. The molecule has 6 heteroatoms. The minimum atomic E-state index is -4.13. The van der Waals surface area contributed by atoms with Crippen LogP contribution >= 0.6 is 0 Å². The largest absolute Gasteiger partial charge is 0.314 e. The quantitative estimate of drug-likeness (QED) is 0.738. The number of rotatable bonds is 2. The highest BCUT2D eigenvalue weighted by Crippen LogP contribution is 2.21. The Hall–Kier alpha value is -2.44. The highest BCUT2D eigenvalue weighted by Gasteiger charge is 2.12. The number of nitrogens with zero attached hydrogens (tertiary/aromatic N) is 2. The molecule has 1 aromatic heterocycles. The Morgan fingerprint density at radius 1 is 1.14 bits per heavy atom. The lowest BCUT2D eigenvalue weighted by Gasteiger charge is -2.02. The van der Waals surface area contributed by atoms with Gasteiger partial charge in [-0.2, -0.15) is 8.42 Å². The van der Waals surface area contributed by atoms with Crippen molar-refractivity contribution in [1.29, 1.82) is 0 Å². The zero-order chi connectivity index (χ0) is 15.3. The molecule has 0 aliphatic heterocycles. The van der Waals surface area contributed by atoms with E-state index in [1.54, 1.807) is 53.6 Å². The zero-order valence-electron chi connectivity index (χ0n) is 11.1. The monoisotopic (exact) mass is 302 g/mol. The Balaban J connectivity index is 0.000000194. The Labute approximate surface area is 122 Å². The van der Waals surface area contributed by atoms with Gasteiger partial charge in [0.2, 0.25) is 0 Å². The van der Waals surface area contributed by atoms with Crippen LogP contribution in [0.1, 0.15) is 0 Å². The highest BCUT2D eigenvalue weighted by molar-refractivity contribution is 7.86. The van der Waals surface area contributed by atoms with Crippen LogP contribution in [-0.2, 0) is 10.1 Å². The van der Waals surface area contributed by atoms with Gasteiger partial charge < -0.3 is 4.57 Å². The van der Waals surface area contributed by atoms with E-state index in [0.29, 0.717) is 5.39 Å². The molecule has 0 saturated heterocycles. The Morgan fingerprint density at radius 3 is 2.43 bits per heavy atom. The molecule has 2 aromatic carbocycles. The molecular weight excluding hydrogens is 288 g/mol. The maximum Gasteiger partial charge on any atom is 0.295 e. The van der Waals surface area contributed by atoms with E-state index >= 15 is 0 Å². The molecule has 1 N–H and O–H groups in total. The van der Waals surface area contributed by atoms with Crippen molar-refractivity contribution in [1.82, 2.24) is 9.55 Å². The van der Waals surface area contributed by atoms with Gasteiger partial charge in [0.25, 0.3) is 10.1 Å². The molecule has 21 heavy (non-hydrogen) atoms.